The van der Waals surface area contributed by atoms with Crippen molar-refractivity contribution in [2.75, 3.05) is 18.4 Å². The summed E-state index contributed by atoms with van der Waals surface area (Å²) < 4.78 is 0. The minimum atomic E-state index is -1.23. The zero-order valence-corrected chi connectivity index (χ0v) is 12.0. The first kappa shape index (κ1) is 15.9. The summed E-state index contributed by atoms with van der Waals surface area (Å²) in [5.74, 6) is -2.02. The summed E-state index contributed by atoms with van der Waals surface area (Å²) in [6, 6.07) is -0.720. The Labute approximate surface area is 119 Å². The fraction of sp³-hybridized carbons (Fsp3) is 0.455. The first-order valence-corrected chi connectivity index (χ1v) is 6.67. The number of carboxylic acid groups (broad SMARTS) is 1. The lowest BCUT2D eigenvalue weighted by molar-refractivity contribution is -0.137. The number of aliphatic carboxylic acids is 1. The molecule has 0 unspecified atom stereocenters. The van der Waals surface area contributed by atoms with E-state index in [1.54, 1.807) is 0 Å². The fourth-order valence-corrected chi connectivity index (χ4v) is 2.42. The molecule has 1 rings (SSSR count). The molecule has 0 aliphatic rings. The standard InChI is InChI=1S/C11H16N4O4S/c1-3-7-6(2)20-10(13-7)14-11(19)15(4-8(12)16)5-9(17)18/h3-5H2,1-2H3,(H2,12,16)(H,17,18)(H,13,14,19). The largest absolute Gasteiger partial charge is 0.480 e. The average molecular weight is 300 g/mol. The van der Waals surface area contributed by atoms with Crippen LogP contribution in [0.5, 0.6) is 0 Å². The number of hydrogen-bond donors (Lipinski definition) is 3. The molecule has 0 aliphatic carbocycles. The van der Waals surface area contributed by atoms with Crippen molar-refractivity contribution >= 4 is 34.4 Å². The minimum Gasteiger partial charge on any atom is -0.480 e. The Bertz CT molecular complexity index is 512. The maximum absolute atomic E-state index is 11.9. The third-order valence-electron chi connectivity index (χ3n) is 2.40. The van der Waals surface area contributed by atoms with Crippen LogP contribution in [0, 0.1) is 6.92 Å². The molecule has 1 heterocycles. The van der Waals surface area contributed by atoms with Gasteiger partial charge in [0.25, 0.3) is 0 Å². The van der Waals surface area contributed by atoms with Crippen molar-refractivity contribution in [1.29, 1.82) is 0 Å². The van der Waals surface area contributed by atoms with E-state index in [-0.39, 0.29) is 0 Å². The van der Waals surface area contributed by atoms with Crippen LogP contribution in [-0.4, -0.2) is 46.0 Å². The van der Waals surface area contributed by atoms with Gasteiger partial charge in [0.1, 0.15) is 13.1 Å². The van der Waals surface area contributed by atoms with Crippen molar-refractivity contribution in [3.8, 4) is 0 Å². The molecule has 0 aliphatic heterocycles. The average Bonchev–Trinajstić information content (AvgIpc) is 2.67. The first-order chi connectivity index (χ1) is 9.33. The lowest BCUT2D eigenvalue weighted by atomic mass is 10.3. The van der Waals surface area contributed by atoms with Gasteiger partial charge in [-0.1, -0.05) is 6.92 Å². The summed E-state index contributed by atoms with van der Waals surface area (Å²) in [7, 11) is 0. The molecular weight excluding hydrogens is 284 g/mol. The maximum atomic E-state index is 11.9. The van der Waals surface area contributed by atoms with Crippen LogP contribution in [0.15, 0.2) is 0 Å². The van der Waals surface area contributed by atoms with Gasteiger partial charge in [0.2, 0.25) is 5.91 Å². The second kappa shape index (κ2) is 6.85. The SMILES string of the molecule is CCc1nc(NC(=O)N(CC(N)=O)CC(=O)O)sc1C. The zero-order chi connectivity index (χ0) is 15.3. The number of nitrogens with two attached hydrogens (primary N) is 1. The Hall–Kier alpha value is -2.16. The molecule has 1 aromatic rings. The van der Waals surface area contributed by atoms with E-state index in [0.29, 0.717) is 5.13 Å². The molecule has 0 atom stereocenters. The van der Waals surface area contributed by atoms with Crippen LogP contribution >= 0.6 is 11.3 Å². The van der Waals surface area contributed by atoms with Crippen LogP contribution in [0.25, 0.3) is 0 Å². The van der Waals surface area contributed by atoms with Crippen molar-refractivity contribution < 1.29 is 19.5 Å². The quantitative estimate of drug-likeness (QED) is 0.702. The van der Waals surface area contributed by atoms with Gasteiger partial charge in [-0.3, -0.25) is 14.9 Å². The van der Waals surface area contributed by atoms with Crippen LogP contribution in [0.3, 0.4) is 0 Å². The van der Waals surface area contributed by atoms with E-state index in [1.807, 2.05) is 13.8 Å². The van der Waals surface area contributed by atoms with Crippen LogP contribution in [0.1, 0.15) is 17.5 Å². The number of rotatable bonds is 6. The summed E-state index contributed by atoms with van der Waals surface area (Å²) in [6.07, 6.45) is 0.734. The first-order valence-electron chi connectivity index (χ1n) is 5.85. The van der Waals surface area contributed by atoms with Gasteiger partial charge in [0.15, 0.2) is 5.13 Å². The Morgan fingerprint density at radius 2 is 2.05 bits per heavy atom. The number of carbonyl (C=O) groups excluding carboxylic acids is 2. The second-order valence-corrected chi connectivity index (χ2v) is 5.22. The van der Waals surface area contributed by atoms with Gasteiger partial charge < -0.3 is 15.7 Å². The van der Waals surface area contributed by atoms with Crippen molar-refractivity contribution in [3.05, 3.63) is 10.6 Å². The number of carbonyl (C=O) groups is 3. The number of anilines is 1. The number of nitrogens with zero attached hydrogens (tertiary/aromatic N) is 2. The molecule has 1 aromatic heterocycles. The lowest BCUT2D eigenvalue weighted by Crippen LogP contribution is -2.43. The molecule has 0 radical (unpaired) electrons. The molecule has 0 saturated heterocycles. The second-order valence-electron chi connectivity index (χ2n) is 4.02. The van der Waals surface area contributed by atoms with E-state index in [0.717, 1.165) is 21.9 Å². The minimum absolute atomic E-state index is 0.365. The van der Waals surface area contributed by atoms with E-state index in [9.17, 15) is 14.4 Å². The van der Waals surface area contributed by atoms with Crippen molar-refractivity contribution in [1.82, 2.24) is 9.88 Å². The van der Waals surface area contributed by atoms with Gasteiger partial charge in [-0.15, -0.1) is 11.3 Å². The Morgan fingerprint density at radius 3 is 2.50 bits per heavy atom. The third-order valence-corrected chi connectivity index (χ3v) is 3.33. The van der Waals surface area contributed by atoms with E-state index >= 15 is 0 Å². The monoisotopic (exact) mass is 300 g/mol. The van der Waals surface area contributed by atoms with E-state index in [2.05, 4.69) is 10.3 Å². The number of aromatic nitrogens is 1. The number of urea groups is 1. The smallest absolute Gasteiger partial charge is 0.324 e. The highest BCUT2D eigenvalue weighted by Crippen LogP contribution is 2.22. The van der Waals surface area contributed by atoms with Crippen molar-refractivity contribution in [2.24, 2.45) is 5.73 Å². The topological polar surface area (TPSA) is 126 Å². The van der Waals surface area contributed by atoms with E-state index < -0.39 is 31.0 Å². The van der Waals surface area contributed by atoms with Crippen molar-refractivity contribution in [3.63, 3.8) is 0 Å². The van der Waals surface area contributed by atoms with Gasteiger partial charge in [-0.25, -0.2) is 9.78 Å². The Kier molecular flexibility index (Phi) is 5.44. The molecule has 8 nitrogen and oxygen atoms in total. The van der Waals surface area contributed by atoms with E-state index in [1.165, 1.54) is 11.3 Å². The summed E-state index contributed by atoms with van der Waals surface area (Å²) in [6.45, 7) is 2.74. The number of hydrogen-bond acceptors (Lipinski definition) is 5. The van der Waals surface area contributed by atoms with Crippen LogP contribution in [0.2, 0.25) is 0 Å². The molecule has 0 fully saturated rings. The molecular formula is C11H16N4O4S. The molecule has 0 bridgehead atoms. The van der Waals surface area contributed by atoms with Gasteiger partial charge in [0, 0.05) is 4.88 Å². The van der Waals surface area contributed by atoms with Gasteiger partial charge in [-0.05, 0) is 13.3 Å². The molecule has 9 heteroatoms. The molecule has 3 amide bonds. The number of amides is 3. The lowest BCUT2D eigenvalue weighted by Gasteiger charge is -2.18. The number of carboxylic acids is 1. The number of thiazole rings is 1. The summed E-state index contributed by atoms with van der Waals surface area (Å²) in [4.78, 5) is 39.4. The van der Waals surface area contributed by atoms with E-state index in [4.69, 9.17) is 10.8 Å². The Morgan fingerprint density at radius 1 is 1.40 bits per heavy atom. The summed E-state index contributed by atoms with van der Waals surface area (Å²) >= 11 is 1.29. The van der Waals surface area contributed by atoms with Crippen LogP contribution < -0.4 is 11.1 Å². The normalized spacial score (nSPS) is 10.1. The summed E-state index contributed by atoms with van der Waals surface area (Å²) in [5.41, 5.74) is 5.85. The molecule has 20 heavy (non-hydrogen) atoms. The number of primary amides is 1. The van der Waals surface area contributed by atoms with Crippen LogP contribution in [-0.2, 0) is 16.0 Å². The highest BCUT2D eigenvalue weighted by Gasteiger charge is 2.20. The zero-order valence-electron chi connectivity index (χ0n) is 11.2. The van der Waals surface area contributed by atoms with Crippen LogP contribution in [0.4, 0.5) is 9.93 Å². The number of aryl methyl sites for hydroxylation is 2. The summed E-state index contributed by atoms with van der Waals surface area (Å²) in [5, 5.41) is 11.5. The maximum Gasteiger partial charge on any atom is 0.324 e. The third kappa shape index (κ3) is 4.50. The highest BCUT2D eigenvalue weighted by atomic mass is 32.1. The molecule has 110 valence electrons. The molecule has 0 saturated carbocycles. The van der Waals surface area contributed by atoms with Gasteiger partial charge in [0.05, 0.1) is 5.69 Å². The molecule has 4 N–H and O–H groups in total. The number of nitrogens with one attached hydrogen (secondary N) is 1. The van der Waals surface area contributed by atoms with Gasteiger partial charge in [-0.2, -0.15) is 0 Å². The predicted molar refractivity (Wildman–Crippen MR) is 73.7 cm³/mol. The van der Waals surface area contributed by atoms with Crippen molar-refractivity contribution in [2.45, 2.75) is 20.3 Å². The van der Waals surface area contributed by atoms with Gasteiger partial charge >= 0.3 is 12.0 Å². The Balaban J connectivity index is 2.78. The fourth-order valence-electron chi connectivity index (χ4n) is 1.53. The highest BCUT2D eigenvalue weighted by molar-refractivity contribution is 7.15. The predicted octanol–water partition coefficient (Wildman–Crippen LogP) is 0.418. The molecule has 0 spiro atoms. The molecule has 0 aromatic carbocycles.